The van der Waals surface area contributed by atoms with Gasteiger partial charge in [0.25, 0.3) is 0 Å². The van der Waals surface area contributed by atoms with E-state index < -0.39 is 0 Å². The van der Waals surface area contributed by atoms with Gasteiger partial charge in [0.15, 0.2) is 4.73 Å². The van der Waals surface area contributed by atoms with E-state index in [1.165, 1.54) is 19.3 Å². The molecule has 2 fully saturated rings. The van der Waals surface area contributed by atoms with Crippen molar-refractivity contribution in [3.05, 3.63) is 10.9 Å². The molecule has 1 aliphatic carbocycles. The van der Waals surface area contributed by atoms with Crippen LogP contribution >= 0.6 is 15.9 Å². The molecule has 0 unspecified atom stereocenters. The number of hydrogen-bond acceptors (Lipinski definition) is 3. The number of aromatic nitrogens is 2. The van der Waals surface area contributed by atoms with Crippen molar-refractivity contribution in [2.24, 2.45) is 0 Å². The standard InChI is InChI=1S/C13H20BBrN2O2/c1-12(2)13(3,4)19-14(18-12)10-8-17(11(15)16-10)9-6-5-7-9/h8-9H,5-7H2,1-4H3. The fourth-order valence-corrected chi connectivity index (χ4v) is 2.98. The zero-order valence-electron chi connectivity index (χ0n) is 11.9. The normalized spacial score (nSPS) is 25.6. The molecule has 3 rings (SSSR count). The first-order chi connectivity index (χ1) is 8.80. The lowest BCUT2D eigenvalue weighted by molar-refractivity contribution is 0.00578. The van der Waals surface area contributed by atoms with Crippen LogP contribution < -0.4 is 5.59 Å². The monoisotopic (exact) mass is 326 g/mol. The summed E-state index contributed by atoms with van der Waals surface area (Å²) < 4.78 is 15.1. The molecule has 0 amide bonds. The summed E-state index contributed by atoms with van der Waals surface area (Å²) in [5, 5.41) is 0. The molecule has 0 N–H and O–H groups in total. The van der Waals surface area contributed by atoms with E-state index in [4.69, 9.17) is 9.31 Å². The zero-order chi connectivity index (χ0) is 13.8. The van der Waals surface area contributed by atoms with Gasteiger partial charge in [-0.1, -0.05) is 0 Å². The van der Waals surface area contributed by atoms with Crippen LogP contribution in [-0.4, -0.2) is 27.9 Å². The molecule has 1 saturated heterocycles. The molecule has 0 spiro atoms. The SMILES string of the molecule is CC1(C)OB(c2cn(C3CCC3)c(Br)n2)OC1(C)C. The zero-order valence-corrected chi connectivity index (χ0v) is 13.5. The second-order valence-corrected chi connectivity index (χ2v) is 7.22. The Hall–Kier alpha value is -0.325. The van der Waals surface area contributed by atoms with Crippen LogP contribution in [0, 0.1) is 0 Å². The molecule has 2 heterocycles. The molecule has 104 valence electrons. The summed E-state index contributed by atoms with van der Waals surface area (Å²) in [6.07, 6.45) is 5.84. The van der Waals surface area contributed by atoms with E-state index in [0.717, 1.165) is 10.3 Å². The van der Waals surface area contributed by atoms with Gasteiger partial charge in [-0.2, -0.15) is 0 Å². The molecule has 1 aromatic rings. The van der Waals surface area contributed by atoms with E-state index in [2.05, 4.69) is 59.4 Å². The lowest BCUT2D eigenvalue weighted by atomic mass is 9.85. The molecule has 0 radical (unpaired) electrons. The van der Waals surface area contributed by atoms with Crippen molar-refractivity contribution in [3.63, 3.8) is 0 Å². The molecule has 6 heteroatoms. The molecule has 1 aromatic heterocycles. The van der Waals surface area contributed by atoms with E-state index in [9.17, 15) is 0 Å². The second kappa shape index (κ2) is 4.33. The maximum Gasteiger partial charge on any atom is 0.516 e. The molecule has 0 bridgehead atoms. The number of rotatable bonds is 2. The average molecular weight is 327 g/mol. The van der Waals surface area contributed by atoms with Crippen molar-refractivity contribution in [2.75, 3.05) is 0 Å². The van der Waals surface area contributed by atoms with Gasteiger partial charge >= 0.3 is 7.12 Å². The maximum atomic E-state index is 6.03. The van der Waals surface area contributed by atoms with Crippen LogP contribution in [0.3, 0.4) is 0 Å². The van der Waals surface area contributed by atoms with E-state index >= 15 is 0 Å². The van der Waals surface area contributed by atoms with E-state index in [1.807, 2.05) is 0 Å². The van der Waals surface area contributed by atoms with Crippen LogP contribution in [0.25, 0.3) is 0 Å². The van der Waals surface area contributed by atoms with Crippen molar-refractivity contribution in [1.82, 2.24) is 9.55 Å². The molecule has 19 heavy (non-hydrogen) atoms. The first kappa shape index (κ1) is 13.6. The molecular formula is C13H20BBrN2O2. The summed E-state index contributed by atoms with van der Waals surface area (Å²) in [5.74, 6) is 0. The lowest BCUT2D eigenvalue weighted by Gasteiger charge is -2.32. The van der Waals surface area contributed by atoms with Crippen LogP contribution in [0.1, 0.15) is 53.0 Å². The third-order valence-corrected chi connectivity index (χ3v) is 5.26. The van der Waals surface area contributed by atoms with Gasteiger partial charge in [0.2, 0.25) is 0 Å². The maximum absolute atomic E-state index is 6.03. The predicted molar refractivity (Wildman–Crippen MR) is 78.5 cm³/mol. The van der Waals surface area contributed by atoms with Gasteiger partial charge in [-0.05, 0) is 62.9 Å². The Balaban J connectivity index is 1.84. The van der Waals surface area contributed by atoms with Gasteiger partial charge < -0.3 is 13.9 Å². The summed E-state index contributed by atoms with van der Waals surface area (Å²) in [6.45, 7) is 8.24. The summed E-state index contributed by atoms with van der Waals surface area (Å²) >= 11 is 3.54. The lowest BCUT2D eigenvalue weighted by Crippen LogP contribution is -2.41. The molecule has 0 aromatic carbocycles. The Morgan fingerprint density at radius 2 is 1.84 bits per heavy atom. The van der Waals surface area contributed by atoms with E-state index in [-0.39, 0.29) is 18.3 Å². The van der Waals surface area contributed by atoms with Gasteiger partial charge in [0.1, 0.15) is 0 Å². The van der Waals surface area contributed by atoms with Gasteiger partial charge in [0, 0.05) is 12.2 Å². The molecule has 4 nitrogen and oxygen atoms in total. The minimum absolute atomic E-state index is 0.315. The first-order valence-corrected chi connectivity index (χ1v) is 7.69. The Morgan fingerprint density at radius 1 is 1.26 bits per heavy atom. The fourth-order valence-electron chi connectivity index (χ4n) is 2.39. The van der Waals surface area contributed by atoms with Crippen molar-refractivity contribution in [1.29, 1.82) is 0 Å². The third kappa shape index (κ3) is 2.18. The summed E-state index contributed by atoms with van der Waals surface area (Å²) in [6, 6.07) is 0.582. The van der Waals surface area contributed by atoms with Crippen LogP contribution in [0.2, 0.25) is 0 Å². The quantitative estimate of drug-likeness (QED) is 0.784. The third-order valence-electron chi connectivity index (χ3n) is 4.67. The number of nitrogens with zero attached hydrogens (tertiary/aromatic N) is 2. The second-order valence-electron chi connectivity index (χ2n) is 6.52. The topological polar surface area (TPSA) is 36.3 Å². The molecule has 1 saturated carbocycles. The van der Waals surface area contributed by atoms with E-state index in [0.29, 0.717) is 6.04 Å². The number of hydrogen-bond donors (Lipinski definition) is 0. The van der Waals surface area contributed by atoms with Crippen molar-refractivity contribution in [2.45, 2.75) is 64.2 Å². The van der Waals surface area contributed by atoms with Crippen LogP contribution in [-0.2, 0) is 9.31 Å². The van der Waals surface area contributed by atoms with Gasteiger partial charge in [-0.3, -0.25) is 0 Å². The Morgan fingerprint density at radius 3 is 2.32 bits per heavy atom. The first-order valence-electron chi connectivity index (χ1n) is 6.90. The Labute approximate surface area is 123 Å². The minimum atomic E-state index is -0.373. The van der Waals surface area contributed by atoms with Crippen molar-refractivity contribution >= 4 is 28.6 Å². The Bertz CT molecular complexity index is 481. The molecule has 2 aliphatic rings. The smallest absolute Gasteiger partial charge is 0.398 e. The van der Waals surface area contributed by atoms with Crippen LogP contribution in [0.5, 0.6) is 0 Å². The highest BCUT2D eigenvalue weighted by Gasteiger charge is 2.52. The highest BCUT2D eigenvalue weighted by atomic mass is 79.9. The Kier molecular flexibility index (Phi) is 3.11. The minimum Gasteiger partial charge on any atom is -0.398 e. The van der Waals surface area contributed by atoms with Crippen LogP contribution in [0.15, 0.2) is 10.9 Å². The highest BCUT2D eigenvalue weighted by molar-refractivity contribution is 9.10. The highest BCUT2D eigenvalue weighted by Crippen LogP contribution is 2.37. The average Bonchev–Trinajstić information content (AvgIpc) is 2.65. The molecular weight excluding hydrogens is 307 g/mol. The van der Waals surface area contributed by atoms with Gasteiger partial charge in [-0.25, -0.2) is 4.98 Å². The number of imidazole rings is 1. The largest absolute Gasteiger partial charge is 0.516 e. The fraction of sp³-hybridized carbons (Fsp3) is 0.769. The molecule has 0 atom stereocenters. The number of halogens is 1. The van der Waals surface area contributed by atoms with Gasteiger partial charge in [-0.15, -0.1) is 0 Å². The summed E-state index contributed by atoms with van der Waals surface area (Å²) in [4.78, 5) is 4.56. The predicted octanol–water partition coefficient (Wildman–Crippen LogP) is 2.67. The summed E-state index contributed by atoms with van der Waals surface area (Å²) in [7, 11) is -0.373. The van der Waals surface area contributed by atoms with E-state index in [1.54, 1.807) is 0 Å². The van der Waals surface area contributed by atoms with Crippen LogP contribution in [0.4, 0.5) is 0 Å². The molecule has 1 aliphatic heterocycles. The summed E-state index contributed by atoms with van der Waals surface area (Å²) in [5.41, 5.74) is 0.229. The van der Waals surface area contributed by atoms with Crippen molar-refractivity contribution in [3.8, 4) is 0 Å². The van der Waals surface area contributed by atoms with Crippen molar-refractivity contribution < 1.29 is 9.31 Å². The van der Waals surface area contributed by atoms with Gasteiger partial charge in [0.05, 0.1) is 16.8 Å².